The number of unbranched alkanes of at least 4 members (excludes halogenated alkanes) is 1. The largest absolute Gasteiger partial charge is 0.481 e. The van der Waals surface area contributed by atoms with Crippen LogP contribution in [0.15, 0.2) is 53.7 Å². The molecule has 5 nitrogen and oxygen atoms in total. The van der Waals surface area contributed by atoms with E-state index in [2.05, 4.69) is 36.3 Å². The highest BCUT2D eigenvalue weighted by Gasteiger charge is 2.30. The number of alkyl halides is 3. The SMILES string of the molecule is CC.CC1C=CC=CC1.CCCCC(=O)O.CCN(/N=C(/C)C(C)C)c1ccc(C(F)(F)F)cc1.CCO. The van der Waals surface area contributed by atoms with E-state index in [-0.39, 0.29) is 6.61 Å². The first-order chi connectivity index (χ1) is 17.8. The molecule has 0 aromatic heterocycles. The van der Waals surface area contributed by atoms with Gasteiger partial charge in [0, 0.05) is 25.3 Å². The number of hydrazone groups is 1. The number of benzene rings is 1. The van der Waals surface area contributed by atoms with Crippen LogP contribution >= 0.6 is 0 Å². The van der Waals surface area contributed by atoms with Crippen LogP contribution in [0, 0.1) is 11.8 Å². The number of anilines is 1. The lowest BCUT2D eigenvalue weighted by Gasteiger charge is -2.20. The van der Waals surface area contributed by atoms with E-state index in [1.165, 1.54) is 18.6 Å². The highest BCUT2D eigenvalue weighted by atomic mass is 19.4. The molecule has 1 aromatic rings. The molecule has 0 saturated carbocycles. The number of carboxylic acid groups (broad SMARTS) is 1. The number of aliphatic hydroxyl groups excluding tert-OH is 1. The highest BCUT2D eigenvalue weighted by Crippen LogP contribution is 2.30. The highest BCUT2D eigenvalue weighted by molar-refractivity contribution is 5.84. The molecule has 220 valence electrons. The second-order valence-corrected chi connectivity index (χ2v) is 8.50. The van der Waals surface area contributed by atoms with Gasteiger partial charge in [0.05, 0.1) is 11.3 Å². The van der Waals surface area contributed by atoms with Gasteiger partial charge in [-0.15, -0.1) is 0 Å². The number of hydrogen-bond donors (Lipinski definition) is 2. The monoisotopic (exact) mass is 544 g/mol. The molecule has 1 atom stereocenters. The number of aliphatic carboxylic acids is 1. The van der Waals surface area contributed by atoms with Crippen molar-refractivity contribution >= 4 is 17.4 Å². The Hall–Kier alpha value is -2.61. The van der Waals surface area contributed by atoms with Crippen LogP contribution in [0.4, 0.5) is 18.9 Å². The zero-order valence-corrected chi connectivity index (χ0v) is 24.8. The number of halogens is 3. The lowest BCUT2D eigenvalue weighted by molar-refractivity contribution is -0.138. The van der Waals surface area contributed by atoms with Crippen molar-refractivity contribution in [1.29, 1.82) is 0 Å². The van der Waals surface area contributed by atoms with Gasteiger partial charge in [-0.3, -0.25) is 9.80 Å². The molecule has 1 aliphatic rings. The average molecular weight is 545 g/mol. The summed E-state index contributed by atoms with van der Waals surface area (Å²) in [4.78, 5) is 9.76. The molecule has 8 heteroatoms. The maximum atomic E-state index is 12.5. The molecular weight excluding hydrogens is 493 g/mol. The lowest BCUT2D eigenvalue weighted by Crippen LogP contribution is -2.19. The number of hydrogen-bond acceptors (Lipinski definition) is 4. The predicted molar refractivity (Wildman–Crippen MR) is 156 cm³/mol. The van der Waals surface area contributed by atoms with Crippen LogP contribution in [0.25, 0.3) is 0 Å². The Morgan fingerprint density at radius 2 is 1.63 bits per heavy atom. The van der Waals surface area contributed by atoms with Gasteiger partial charge in [0.15, 0.2) is 0 Å². The zero-order valence-electron chi connectivity index (χ0n) is 24.8. The van der Waals surface area contributed by atoms with Crippen molar-refractivity contribution in [3.8, 4) is 0 Å². The summed E-state index contributed by atoms with van der Waals surface area (Å²) in [6.45, 7) is 18.6. The van der Waals surface area contributed by atoms with Crippen molar-refractivity contribution in [3.05, 3.63) is 54.1 Å². The molecule has 1 aliphatic carbocycles. The van der Waals surface area contributed by atoms with Crippen LogP contribution in [0.3, 0.4) is 0 Å². The van der Waals surface area contributed by atoms with Gasteiger partial charge in [-0.25, -0.2) is 0 Å². The Balaban J connectivity index is -0.000000526. The van der Waals surface area contributed by atoms with Crippen molar-refractivity contribution in [2.45, 2.75) is 94.2 Å². The first-order valence-corrected chi connectivity index (χ1v) is 13.5. The van der Waals surface area contributed by atoms with Gasteiger partial charge in [0.25, 0.3) is 0 Å². The first-order valence-electron chi connectivity index (χ1n) is 13.5. The van der Waals surface area contributed by atoms with Gasteiger partial charge >= 0.3 is 12.1 Å². The molecule has 1 unspecified atom stereocenters. The molecule has 2 rings (SSSR count). The Bertz CT molecular complexity index is 787. The Morgan fingerprint density at radius 1 is 1.11 bits per heavy atom. The summed E-state index contributed by atoms with van der Waals surface area (Å²) in [7, 11) is 0. The van der Waals surface area contributed by atoms with E-state index >= 15 is 0 Å². The quantitative estimate of drug-likeness (QED) is 0.265. The van der Waals surface area contributed by atoms with Crippen LogP contribution in [0.5, 0.6) is 0 Å². The number of aliphatic hydroxyl groups is 1. The van der Waals surface area contributed by atoms with Gasteiger partial charge in [0.2, 0.25) is 0 Å². The Morgan fingerprint density at radius 3 is 1.89 bits per heavy atom. The molecule has 0 radical (unpaired) electrons. The minimum atomic E-state index is -4.30. The summed E-state index contributed by atoms with van der Waals surface area (Å²) >= 11 is 0. The van der Waals surface area contributed by atoms with E-state index in [0.29, 0.717) is 24.6 Å². The van der Waals surface area contributed by atoms with E-state index in [9.17, 15) is 18.0 Å². The van der Waals surface area contributed by atoms with Gasteiger partial charge in [-0.2, -0.15) is 18.3 Å². The minimum Gasteiger partial charge on any atom is -0.481 e. The molecule has 2 N–H and O–H groups in total. The second-order valence-electron chi connectivity index (χ2n) is 8.50. The van der Waals surface area contributed by atoms with Crippen LogP contribution in [0.2, 0.25) is 0 Å². The third-order valence-corrected chi connectivity index (χ3v) is 4.85. The molecule has 0 fully saturated rings. The number of nitrogens with zero attached hydrogens (tertiary/aromatic N) is 2. The van der Waals surface area contributed by atoms with Gasteiger partial charge in [-0.05, 0) is 69.7 Å². The normalized spacial score (nSPS) is 13.9. The van der Waals surface area contributed by atoms with E-state index < -0.39 is 17.7 Å². The van der Waals surface area contributed by atoms with Crippen LogP contribution in [0.1, 0.15) is 93.6 Å². The van der Waals surface area contributed by atoms with Crippen molar-refractivity contribution < 1.29 is 28.2 Å². The molecule has 0 amide bonds. The number of carboxylic acids is 1. The third kappa shape index (κ3) is 22.6. The van der Waals surface area contributed by atoms with Crippen LogP contribution < -0.4 is 5.01 Å². The summed E-state index contributed by atoms with van der Waals surface area (Å²) in [5.74, 6) is 0.385. The summed E-state index contributed by atoms with van der Waals surface area (Å²) in [5, 5.41) is 21.7. The topological polar surface area (TPSA) is 73.1 Å². The average Bonchev–Trinajstić information content (AvgIpc) is 2.88. The smallest absolute Gasteiger partial charge is 0.416 e. The van der Waals surface area contributed by atoms with Gasteiger partial charge in [0.1, 0.15) is 0 Å². The van der Waals surface area contributed by atoms with E-state index in [0.717, 1.165) is 36.6 Å². The van der Waals surface area contributed by atoms with Gasteiger partial charge < -0.3 is 10.2 Å². The zero-order chi connectivity index (χ0) is 30.1. The predicted octanol–water partition coefficient (Wildman–Crippen LogP) is 8.99. The minimum absolute atomic E-state index is 0.250. The van der Waals surface area contributed by atoms with Crippen molar-refractivity contribution in [2.75, 3.05) is 18.2 Å². The van der Waals surface area contributed by atoms with Crippen molar-refractivity contribution in [2.24, 2.45) is 16.9 Å². The van der Waals surface area contributed by atoms with Crippen LogP contribution in [-0.2, 0) is 11.0 Å². The fourth-order valence-corrected chi connectivity index (χ4v) is 2.47. The fraction of sp³-hybridized carbons (Fsp3) is 0.600. The summed E-state index contributed by atoms with van der Waals surface area (Å²) in [6, 6.07) is 5.06. The first kappa shape index (κ1) is 39.9. The summed E-state index contributed by atoms with van der Waals surface area (Å²) in [5.41, 5.74) is 0.967. The molecule has 0 spiro atoms. The van der Waals surface area contributed by atoms with E-state index in [4.69, 9.17) is 10.2 Å². The molecule has 0 aliphatic heterocycles. The lowest BCUT2D eigenvalue weighted by atomic mass is 10.0. The number of rotatable bonds is 7. The number of carbonyl (C=O) groups is 1. The summed E-state index contributed by atoms with van der Waals surface area (Å²) < 4.78 is 37.4. The van der Waals surface area contributed by atoms with Gasteiger partial charge in [-0.1, -0.05) is 72.3 Å². The maximum absolute atomic E-state index is 12.5. The van der Waals surface area contributed by atoms with E-state index in [1.54, 1.807) is 11.9 Å². The maximum Gasteiger partial charge on any atom is 0.416 e. The molecule has 0 bridgehead atoms. The van der Waals surface area contributed by atoms with Crippen molar-refractivity contribution in [1.82, 2.24) is 0 Å². The molecule has 0 saturated heterocycles. The van der Waals surface area contributed by atoms with E-state index in [1.807, 2.05) is 48.5 Å². The van der Waals surface area contributed by atoms with Crippen molar-refractivity contribution in [3.63, 3.8) is 0 Å². The Labute approximate surface area is 229 Å². The molecular formula is C30H51F3N2O3. The fourth-order valence-electron chi connectivity index (χ4n) is 2.47. The van der Waals surface area contributed by atoms with Crippen LogP contribution in [-0.4, -0.2) is 35.0 Å². The molecule has 38 heavy (non-hydrogen) atoms. The molecule has 1 aromatic carbocycles. The third-order valence-electron chi connectivity index (χ3n) is 4.85. The molecule has 0 heterocycles. The standard InChI is InChI=1S/C14H19F3N2.C7H10.C5H10O2.C2H6O.C2H6/c1-5-19(18-11(4)10(2)3)13-8-6-12(7-9-13)14(15,16)17;1-7-5-3-2-4-6-7;1-2-3-4-5(6)7;1-2-3;1-2/h6-10H,5H2,1-4H3;2-5,7H,6H2,1H3;2-4H2,1H3,(H,6,7);3H,2H2,1H3;1-2H3/b18-11-;;;;. The Kier molecular flexibility index (Phi) is 25.9. The summed E-state index contributed by atoms with van der Waals surface area (Å²) in [6.07, 6.45) is 7.63. The second kappa shape index (κ2) is 24.7. The number of allylic oxidation sites excluding steroid dienone is 4.